The number of aromatic nitrogens is 1. The van der Waals surface area contributed by atoms with Gasteiger partial charge in [-0.25, -0.2) is 22.9 Å². The van der Waals surface area contributed by atoms with Crippen LogP contribution in [-0.2, 0) is 10.0 Å². The lowest BCUT2D eigenvalue weighted by Crippen LogP contribution is -2.40. The molecule has 0 atom stereocenters. The number of sulfonamides is 1. The van der Waals surface area contributed by atoms with Gasteiger partial charge in [-0.2, -0.15) is 0 Å². The summed E-state index contributed by atoms with van der Waals surface area (Å²) in [5.74, 6) is -1.17. The van der Waals surface area contributed by atoms with E-state index in [1.807, 2.05) is 0 Å². The molecule has 0 spiro atoms. The monoisotopic (exact) mass is 368 g/mol. The van der Waals surface area contributed by atoms with Crippen LogP contribution < -0.4 is 4.72 Å². The van der Waals surface area contributed by atoms with Gasteiger partial charge in [0.15, 0.2) is 0 Å². The largest absolute Gasteiger partial charge is 0.478 e. The first kappa shape index (κ1) is 18.4. The first-order chi connectivity index (χ1) is 11.0. The zero-order valence-corrected chi connectivity index (χ0v) is 14.9. The van der Waals surface area contributed by atoms with Gasteiger partial charge < -0.3 is 5.11 Å². The molecule has 0 aliphatic rings. The lowest BCUT2D eigenvalue weighted by molar-refractivity contribution is 0.0697. The Labute approximate surface area is 145 Å². The van der Waals surface area contributed by atoms with Crippen LogP contribution in [-0.4, -0.2) is 30.0 Å². The molecule has 8 heteroatoms. The number of halogens is 1. The molecule has 0 amide bonds. The van der Waals surface area contributed by atoms with Crippen LogP contribution in [0.15, 0.2) is 41.4 Å². The van der Waals surface area contributed by atoms with Crippen LogP contribution >= 0.6 is 11.6 Å². The normalized spacial score (nSPS) is 12.2. The number of nitrogens with one attached hydrogen (secondary N) is 1. The predicted octanol–water partition coefficient (Wildman–Crippen LogP) is 3.18. The number of nitrogens with zero attached hydrogens (tertiary/aromatic N) is 1. The summed E-state index contributed by atoms with van der Waals surface area (Å²) in [7, 11) is -3.73. The Morgan fingerprint density at radius 2 is 1.92 bits per heavy atom. The second-order valence-corrected chi connectivity index (χ2v) is 8.31. The van der Waals surface area contributed by atoms with E-state index in [-0.39, 0.29) is 15.6 Å². The predicted molar refractivity (Wildman–Crippen MR) is 91.7 cm³/mol. The third-order valence-electron chi connectivity index (χ3n) is 3.00. The maximum Gasteiger partial charge on any atom is 0.336 e. The zero-order chi connectivity index (χ0) is 18.1. The molecule has 0 aliphatic heterocycles. The van der Waals surface area contributed by atoms with E-state index in [0.717, 1.165) is 0 Å². The van der Waals surface area contributed by atoms with Crippen molar-refractivity contribution in [2.24, 2.45) is 0 Å². The number of rotatable bonds is 4. The molecule has 24 heavy (non-hydrogen) atoms. The average molecular weight is 369 g/mol. The van der Waals surface area contributed by atoms with Gasteiger partial charge in [-0.05, 0) is 44.5 Å². The molecule has 0 bridgehead atoms. The molecule has 2 aromatic rings. The van der Waals surface area contributed by atoms with Crippen LogP contribution in [0.4, 0.5) is 0 Å². The quantitative estimate of drug-likeness (QED) is 0.808. The second kappa shape index (κ2) is 6.51. The minimum atomic E-state index is -3.73. The molecule has 128 valence electrons. The van der Waals surface area contributed by atoms with E-state index < -0.39 is 21.5 Å². The van der Waals surface area contributed by atoms with Crippen molar-refractivity contribution >= 4 is 27.6 Å². The molecule has 0 aliphatic carbocycles. The standard InChI is InChI=1S/C16H17ClN2O4S/c1-16(2,3)19-24(22,23)11-6-4-5-10(7-11)13-9-18-14(17)8-12(13)15(20)21/h4-9,19H,1-3H3,(H,20,21). The van der Waals surface area contributed by atoms with E-state index in [1.54, 1.807) is 32.9 Å². The van der Waals surface area contributed by atoms with Crippen molar-refractivity contribution in [2.75, 3.05) is 0 Å². The topological polar surface area (TPSA) is 96.4 Å². The summed E-state index contributed by atoms with van der Waals surface area (Å²) in [6.07, 6.45) is 1.31. The Morgan fingerprint density at radius 1 is 1.25 bits per heavy atom. The van der Waals surface area contributed by atoms with Gasteiger partial charge in [0.05, 0.1) is 10.5 Å². The van der Waals surface area contributed by atoms with Gasteiger partial charge in [-0.15, -0.1) is 0 Å². The van der Waals surface area contributed by atoms with E-state index in [9.17, 15) is 18.3 Å². The minimum Gasteiger partial charge on any atom is -0.478 e. The zero-order valence-electron chi connectivity index (χ0n) is 13.4. The van der Waals surface area contributed by atoms with Gasteiger partial charge in [0, 0.05) is 17.3 Å². The van der Waals surface area contributed by atoms with Crippen LogP contribution in [0.5, 0.6) is 0 Å². The molecular formula is C16H17ClN2O4S. The number of carboxylic acids is 1. The van der Waals surface area contributed by atoms with Crippen LogP contribution in [0, 0.1) is 0 Å². The number of carbonyl (C=O) groups is 1. The van der Waals surface area contributed by atoms with Gasteiger partial charge in [0.25, 0.3) is 0 Å². The molecule has 0 radical (unpaired) electrons. The van der Waals surface area contributed by atoms with E-state index in [2.05, 4.69) is 9.71 Å². The summed E-state index contributed by atoms with van der Waals surface area (Å²) < 4.78 is 27.4. The molecule has 6 nitrogen and oxygen atoms in total. The smallest absolute Gasteiger partial charge is 0.336 e. The van der Waals surface area contributed by atoms with Crippen molar-refractivity contribution in [1.82, 2.24) is 9.71 Å². The van der Waals surface area contributed by atoms with Crippen molar-refractivity contribution in [3.05, 3.63) is 47.2 Å². The lowest BCUT2D eigenvalue weighted by atomic mass is 10.0. The molecular weight excluding hydrogens is 352 g/mol. The summed E-state index contributed by atoms with van der Waals surface area (Å²) in [5, 5.41) is 9.37. The van der Waals surface area contributed by atoms with Gasteiger partial charge >= 0.3 is 5.97 Å². The minimum absolute atomic E-state index is 0.0428. The van der Waals surface area contributed by atoms with Crippen molar-refractivity contribution in [3.8, 4) is 11.1 Å². The molecule has 0 fully saturated rings. The SMILES string of the molecule is CC(C)(C)NS(=O)(=O)c1cccc(-c2cnc(Cl)cc2C(=O)O)c1. The highest BCUT2D eigenvalue weighted by Crippen LogP contribution is 2.27. The molecule has 0 saturated heterocycles. The summed E-state index contributed by atoms with van der Waals surface area (Å²) >= 11 is 5.74. The third kappa shape index (κ3) is 4.31. The van der Waals surface area contributed by atoms with Crippen molar-refractivity contribution in [3.63, 3.8) is 0 Å². The number of hydrogen-bond donors (Lipinski definition) is 2. The number of pyridine rings is 1. The second-order valence-electron chi connectivity index (χ2n) is 6.24. The van der Waals surface area contributed by atoms with Crippen LogP contribution in [0.2, 0.25) is 5.15 Å². The summed E-state index contributed by atoms with van der Waals surface area (Å²) in [5.41, 5.74) is 0.0319. The Hall–Kier alpha value is -1.96. The Kier molecular flexibility index (Phi) is 4.98. The Balaban J connectivity index is 2.55. The summed E-state index contributed by atoms with van der Waals surface area (Å²) in [6, 6.07) is 7.25. The van der Waals surface area contributed by atoms with Gasteiger partial charge in [-0.3, -0.25) is 0 Å². The van der Waals surface area contributed by atoms with Crippen molar-refractivity contribution in [1.29, 1.82) is 0 Å². The van der Waals surface area contributed by atoms with E-state index >= 15 is 0 Å². The highest BCUT2D eigenvalue weighted by Gasteiger charge is 2.23. The molecule has 0 unspecified atom stereocenters. The molecule has 2 rings (SSSR count). The highest BCUT2D eigenvalue weighted by molar-refractivity contribution is 7.89. The lowest BCUT2D eigenvalue weighted by Gasteiger charge is -2.20. The van der Waals surface area contributed by atoms with Crippen LogP contribution in [0.3, 0.4) is 0 Å². The number of hydrogen-bond acceptors (Lipinski definition) is 4. The van der Waals surface area contributed by atoms with Crippen LogP contribution in [0.1, 0.15) is 31.1 Å². The number of benzene rings is 1. The molecule has 1 aromatic heterocycles. The highest BCUT2D eigenvalue weighted by atomic mass is 35.5. The molecule has 2 N–H and O–H groups in total. The van der Waals surface area contributed by atoms with Gasteiger partial charge in [0.2, 0.25) is 10.0 Å². The van der Waals surface area contributed by atoms with Crippen LogP contribution in [0.25, 0.3) is 11.1 Å². The van der Waals surface area contributed by atoms with E-state index in [0.29, 0.717) is 11.1 Å². The summed E-state index contributed by atoms with van der Waals surface area (Å²) in [4.78, 5) is 15.3. The number of carboxylic acid groups (broad SMARTS) is 1. The first-order valence-corrected chi connectivity index (χ1v) is 8.89. The fourth-order valence-corrected chi connectivity index (χ4v) is 3.75. The van der Waals surface area contributed by atoms with Gasteiger partial charge in [0.1, 0.15) is 5.15 Å². The average Bonchev–Trinajstić information content (AvgIpc) is 2.44. The third-order valence-corrected chi connectivity index (χ3v) is 4.96. The fourth-order valence-electron chi connectivity index (χ4n) is 2.13. The first-order valence-electron chi connectivity index (χ1n) is 7.03. The van der Waals surface area contributed by atoms with E-state index in [4.69, 9.17) is 11.6 Å². The summed E-state index contributed by atoms with van der Waals surface area (Å²) in [6.45, 7) is 5.21. The maximum atomic E-state index is 12.4. The molecule has 1 aromatic carbocycles. The van der Waals surface area contributed by atoms with E-state index in [1.165, 1.54) is 24.4 Å². The van der Waals surface area contributed by atoms with Gasteiger partial charge in [-0.1, -0.05) is 23.7 Å². The molecule has 1 heterocycles. The fraction of sp³-hybridized carbons (Fsp3) is 0.250. The Morgan fingerprint density at radius 3 is 2.50 bits per heavy atom. The number of aromatic carboxylic acids is 1. The van der Waals surface area contributed by atoms with Crippen molar-refractivity contribution in [2.45, 2.75) is 31.2 Å². The molecule has 0 saturated carbocycles. The Bertz CT molecular complexity index is 889. The van der Waals surface area contributed by atoms with Crippen molar-refractivity contribution < 1.29 is 18.3 Å². The maximum absolute atomic E-state index is 12.4.